The van der Waals surface area contributed by atoms with Crippen LogP contribution < -0.4 is 5.32 Å². The van der Waals surface area contributed by atoms with Gasteiger partial charge in [-0.05, 0) is 25.1 Å². The highest BCUT2D eigenvalue weighted by Gasteiger charge is 2.18. The van der Waals surface area contributed by atoms with Crippen molar-refractivity contribution in [2.24, 2.45) is 0 Å². The number of para-hydroxylation sites is 1. The number of hydrogen-bond donors (Lipinski definition) is 1. The Balaban J connectivity index is 1.96. The molecule has 4 nitrogen and oxygen atoms in total. The van der Waals surface area contributed by atoms with Crippen LogP contribution in [0.5, 0.6) is 0 Å². The number of fused-ring (bicyclic) bond motifs is 1. The Labute approximate surface area is 160 Å². The van der Waals surface area contributed by atoms with Crippen molar-refractivity contribution >= 4 is 40.0 Å². The topological polar surface area (TPSA) is 46.9 Å². The number of nitrogens with one attached hydrogen (secondary N) is 1. The number of rotatable bonds is 5. The first-order chi connectivity index (χ1) is 12.5. The van der Waals surface area contributed by atoms with Gasteiger partial charge >= 0.3 is 0 Å². The van der Waals surface area contributed by atoms with Gasteiger partial charge < -0.3 is 5.32 Å². The fourth-order valence-corrected chi connectivity index (χ4v) is 3.09. The Morgan fingerprint density at radius 2 is 1.92 bits per heavy atom. The lowest BCUT2D eigenvalue weighted by atomic mass is 10.2. The van der Waals surface area contributed by atoms with Crippen LogP contribution in [0.15, 0.2) is 59.1 Å². The molecule has 0 saturated heterocycles. The third kappa shape index (κ3) is 4.06. The Morgan fingerprint density at radius 1 is 1.23 bits per heavy atom. The molecule has 2 aromatic carbocycles. The first-order valence-electron chi connectivity index (χ1n) is 7.98. The molecule has 134 valence electrons. The second kappa shape index (κ2) is 7.89. The molecule has 1 amide bonds. The van der Waals surface area contributed by atoms with E-state index in [0.717, 1.165) is 5.52 Å². The maximum Gasteiger partial charge on any atom is 0.272 e. The smallest absolute Gasteiger partial charge is 0.272 e. The number of benzene rings is 2. The summed E-state index contributed by atoms with van der Waals surface area (Å²) in [5.74, 6) is -0.666. The molecular weight excluding hydrogens is 376 g/mol. The largest absolute Gasteiger partial charge is 0.345 e. The quantitative estimate of drug-likeness (QED) is 0.687. The summed E-state index contributed by atoms with van der Waals surface area (Å²) >= 11 is 11.3. The molecule has 0 spiro atoms. The van der Waals surface area contributed by atoms with Crippen LogP contribution >= 0.6 is 23.2 Å². The molecule has 1 aromatic heterocycles. The van der Waals surface area contributed by atoms with Crippen molar-refractivity contribution in [3.05, 3.63) is 76.2 Å². The van der Waals surface area contributed by atoms with Gasteiger partial charge in [-0.1, -0.05) is 59.6 Å². The molecule has 0 saturated carbocycles. The fraction of sp³-hybridized carbons (Fsp3) is 0.158. The van der Waals surface area contributed by atoms with Crippen LogP contribution in [0.4, 0.5) is 4.39 Å². The van der Waals surface area contributed by atoms with Gasteiger partial charge in [0.15, 0.2) is 5.69 Å². The average Bonchev–Trinajstić information content (AvgIpc) is 2.95. The maximum absolute atomic E-state index is 14.0. The highest BCUT2D eigenvalue weighted by atomic mass is 35.5. The molecule has 3 rings (SSSR count). The normalized spacial score (nSPS) is 12.0. The van der Waals surface area contributed by atoms with Crippen molar-refractivity contribution in [3.63, 3.8) is 0 Å². The maximum atomic E-state index is 14.0. The summed E-state index contributed by atoms with van der Waals surface area (Å²) in [6.07, 6.45) is 1.51. The zero-order valence-electron chi connectivity index (χ0n) is 13.9. The van der Waals surface area contributed by atoms with Crippen molar-refractivity contribution in [1.82, 2.24) is 15.1 Å². The summed E-state index contributed by atoms with van der Waals surface area (Å²) in [6.45, 7) is 1.98. The van der Waals surface area contributed by atoms with Gasteiger partial charge in [0, 0.05) is 17.0 Å². The summed E-state index contributed by atoms with van der Waals surface area (Å²) in [5.41, 5.74) is 1.51. The molecule has 3 aromatic rings. The second-order valence-electron chi connectivity index (χ2n) is 5.83. The molecule has 1 heterocycles. The molecule has 0 aliphatic heterocycles. The van der Waals surface area contributed by atoms with Gasteiger partial charge in [-0.25, -0.2) is 4.39 Å². The van der Waals surface area contributed by atoms with E-state index < -0.39 is 0 Å². The van der Waals surface area contributed by atoms with E-state index >= 15 is 0 Å². The van der Waals surface area contributed by atoms with Gasteiger partial charge in [0.1, 0.15) is 10.3 Å². The van der Waals surface area contributed by atoms with E-state index in [1.54, 1.807) is 29.8 Å². The van der Waals surface area contributed by atoms with Gasteiger partial charge in [-0.3, -0.25) is 9.48 Å². The second-order valence-corrected chi connectivity index (χ2v) is 6.84. The standard InChI is InChI=1S/C19H16Cl2FN3O/c1-12(10-17(20)21)23-19(26)18-14-7-3-5-9-16(14)25(24-18)11-13-6-2-4-8-15(13)22/h2-10,12H,11H2,1H3,(H,23,26). The van der Waals surface area contributed by atoms with E-state index in [1.165, 1.54) is 12.1 Å². The van der Waals surface area contributed by atoms with E-state index in [2.05, 4.69) is 10.4 Å². The van der Waals surface area contributed by atoms with E-state index in [1.807, 2.05) is 24.3 Å². The first-order valence-corrected chi connectivity index (χ1v) is 8.74. The van der Waals surface area contributed by atoms with Gasteiger partial charge in [-0.15, -0.1) is 0 Å². The van der Waals surface area contributed by atoms with E-state index in [0.29, 0.717) is 10.9 Å². The molecule has 7 heteroatoms. The third-order valence-corrected chi connectivity index (χ3v) is 4.14. The molecular formula is C19H16Cl2FN3O. The lowest BCUT2D eigenvalue weighted by molar-refractivity contribution is 0.0942. The zero-order valence-corrected chi connectivity index (χ0v) is 15.4. The van der Waals surface area contributed by atoms with E-state index in [9.17, 15) is 9.18 Å². The molecule has 26 heavy (non-hydrogen) atoms. The van der Waals surface area contributed by atoms with Crippen molar-refractivity contribution in [3.8, 4) is 0 Å². The number of nitrogens with zero attached hydrogens (tertiary/aromatic N) is 2. The van der Waals surface area contributed by atoms with Crippen molar-refractivity contribution in [2.75, 3.05) is 0 Å². The van der Waals surface area contributed by atoms with Crippen LogP contribution in [-0.4, -0.2) is 21.7 Å². The molecule has 1 N–H and O–H groups in total. The Kier molecular flexibility index (Phi) is 5.59. The lowest BCUT2D eigenvalue weighted by Crippen LogP contribution is -2.31. The van der Waals surface area contributed by atoms with E-state index in [4.69, 9.17) is 23.2 Å². The number of hydrogen-bond acceptors (Lipinski definition) is 2. The van der Waals surface area contributed by atoms with Crippen LogP contribution in [0.25, 0.3) is 10.9 Å². The molecule has 0 bridgehead atoms. The van der Waals surface area contributed by atoms with Crippen molar-refractivity contribution in [2.45, 2.75) is 19.5 Å². The van der Waals surface area contributed by atoms with Gasteiger partial charge in [0.2, 0.25) is 0 Å². The minimum Gasteiger partial charge on any atom is -0.345 e. The molecule has 0 aliphatic carbocycles. The number of amides is 1. The molecule has 1 unspecified atom stereocenters. The SMILES string of the molecule is CC(C=C(Cl)Cl)NC(=O)c1nn(Cc2ccccc2F)c2ccccc12. The summed E-state index contributed by atoms with van der Waals surface area (Å²) in [7, 11) is 0. The monoisotopic (exact) mass is 391 g/mol. The molecule has 0 radical (unpaired) electrons. The Morgan fingerprint density at radius 3 is 2.65 bits per heavy atom. The number of aromatic nitrogens is 2. The zero-order chi connectivity index (χ0) is 18.7. The van der Waals surface area contributed by atoms with Crippen LogP contribution in [0.3, 0.4) is 0 Å². The van der Waals surface area contributed by atoms with Gasteiger partial charge in [-0.2, -0.15) is 5.10 Å². The van der Waals surface area contributed by atoms with Crippen molar-refractivity contribution in [1.29, 1.82) is 0 Å². The summed E-state index contributed by atoms with van der Waals surface area (Å²) < 4.78 is 15.7. The number of carbonyl (C=O) groups excluding carboxylic acids is 1. The predicted molar refractivity (Wildman–Crippen MR) is 102 cm³/mol. The average molecular weight is 392 g/mol. The minimum absolute atomic E-state index is 0.0766. The molecule has 1 atom stereocenters. The van der Waals surface area contributed by atoms with Gasteiger partial charge in [0.05, 0.1) is 12.1 Å². The molecule has 0 aliphatic rings. The minimum atomic E-state index is -0.358. The third-order valence-electron chi connectivity index (χ3n) is 3.89. The Bertz CT molecular complexity index is 980. The fourth-order valence-electron chi connectivity index (χ4n) is 2.71. The molecule has 0 fully saturated rings. The summed E-state index contributed by atoms with van der Waals surface area (Å²) in [5, 5.41) is 7.87. The highest BCUT2D eigenvalue weighted by Crippen LogP contribution is 2.20. The summed E-state index contributed by atoms with van der Waals surface area (Å²) in [6, 6.07) is 13.5. The first kappa shape index (κ1) is 18.4. The Hall–Kier alpha value is -2.37. The highest BCUT2D eigenvalue weighted by molar-refractivity contribution is 6.55. The lowest BCUT2D eigenvalue weighted by Gasteiger charge is -2.08. The van der Waals surface area contributed by atoms with Crippen LogP contribution in [0.2, 0.25) is 0 Å². The van der Waals surface area contributed by atoms with Crippen molar-refractivity contribution < 1.29 is 9.18 Å². The summed E-state index contributed by atoms with van der Waals surface area (Å²) in [4.78, 5) is 12.6. The number of halogens is 3. The van der Waals surface area contributed by atoms with Gasteiger partial charge in [0.25, 0.3) is 5.91 Å². The number of carbonyl (C=O) groups is 1. The van der Waals surface area contributed by atoms with Crippen LogP contribution in [-0.2, 0) is 6.54 Å². The van der Waals surface area contributed by atoms with Crippen LogP contribution in [0, 0.1) is 5.82 Å². The predicted octanol–water partition coefficient (Wildman–Crippen LogP) is 4.66. The van der Waals surface area contributed by atoms with Crippen LogP contribution in [0.1, 0.15) is 23.0 Å². The van der Waals surface area contributed by atoms with E-state index in [-0.39, 0.29) is 34.5 Å².